The van der Waals surface area contributed by atoms with Crippen molar-refractivity contribution in [2.24, 2.45) is 14.1 Å². The highest BCUT2D eigenvalue weighted by Crippen LogP contribution is 2.12. The number of carbonyl (C=O) groups is 1. The SMILES string of the molecule is Cn1c(=O)c2[nH]c(CCCNC(=O)c3cc4ccccc4oc3=O)nc2n(C)c1=O. The fourth-order valence-corrected chi connectivity index (χ4v) is 3.27. The third kappa shape index (κ3) is 3.32. The van der Waals surface area contributed by atoms with Crippen LogP contribution in [0.2, 0.25) is 0 Å². The molecule has 0 saturated heterocycles. The minimum Gasteiger partial charge on any atom is -0.422 e. The Labute approximate surface area is 168 Å². The van der Waals surface area contributed by atoms with Gasteiger partial charge in [0.25, 0.3) is 11.5 Å². The Hall–Kier alpha value is -3.95. The summed E-state index contributed by atoms with van der Waals surface area (Å²) < 4.78 is 7.49. The Morgan fingerprint density at radius 1 is 1.17 bits per heavy atom. The van der Waals surface area contributed by atoms with Crippen molar-refractivity contribution in [1.82, 2.24) is 24.4 Å². The molecular formula is C20H19N5O5. The van der Waals surface area contributed by atoms with Gasteiger partial charge in [0.15, 0.2) is 5.65 Å². The molecule has 4 aromatic rings. The summed E-state index contributed by atoms with van der Waals surface area (Å²) in [7, 11) is 2.95. The van der Waals surface area contributed by atoms with Crippen molar-refractivity contribution in [3.8, 4) is 0 Å². The minimum atomic E-state index is -0.694. The molecule has 1 aromatic carbocycles. The summed E-state index contributed by atoms with van der Waals surface area (Å²) in [6.07, 6.45) is 0.956. The molecule has 0 aliphatic rings. The number of para-hydroxylation sites is 1. The summed E-state index contributed by atoms with van der Waals surface area (Å²) in [5, 5.41) is 3.35. The monoisotopic (exact) mass is 409 g/mol. The highest BCUT2D eigenvalue weighted by atomic mass is 16.4. The number of nitrogens with one attached hydrogen (secondary N) is 2. The number of aryl methyl sites for hydroxylation is 2. The van der Waals surface area contributed by atoms with Crippen LogP contribution in [0.5, 0.6) is 0 Å². The molecule has 154 valence electrons. The molecular weight excluding hydrogens is 390 g/mol. The Bertz CT molecular complexity index is 1460. The molecule has 0 spiro atoms. The second-order valence-electron chi connectivity index (χ2n) is 6.93. The second-order valence-corrected chi connectivity index (χ2v) is 6.93. The molecule has 0 unspecified atom stereocenters. The molecule has 0 atom stereocenters. The largest absolute Gasteiger partial charge is 0.422 e. The predicted molar refractivity (Wildman–Crippen MR) is 110 cm³/mol. The first kappa shape index (κ1) is 19.4. The van der Waals surface area contributed by atoms with Gasteiger partial charge >= 0.3 is 11.3 Å². The fraction of sp³-hybridized carbons (Fsp3) is 0.250. The standard InChI is InChI=1S/C20H19N5O5/c1-24-16-15(18(27)25(2)20(24)29)22-14(23-16)8-5-9-21-17(26)12-10-11-6-3-4-7-13(11)30-19(12)28/h3-4,6-7,10H,5,8-9H2,1-2H3,(H,21,26)(H,22,23). The van der Waals surface area contributed by atoms with Crippen molar-refractivity contribution in [1.29, 1.82) is 0 Å². The second kappa shape index (κ2) is 7.47. The number of carbonyl (C=O) groups excluding carboxylic acids is 1. The molecule has 0 saturated carbocycles. The van der Waals surface area contributed by atoms with Crippen LogP contribution in [0.25, 0.3) is 22.1 Å². The van der Waals surface area contributed by atoms with Gasteiger partial charge in [-0.3, -0.25) is 18.7 Å². The summed E-state index contributed by atoms with van der Waals surface area (Å²) in [6.45, 7) is 0.291. The Morgan fingerprint density at radius 3 is 2.73 bits per heavy atom. The lowest BCUT2D eigenvalue weighted by Crippen LogP contribution is -2.36. The number of hydrogen-bond donors (Lipinski definition) is 2. The number of amides is 1. The summed E-state index contributed by atoms with van der Waals surface area (Å²) in [5.74, 6) is 0.0122. The lowest BCUT2D eigenvalue weighted by atomic mass is 10.2. The number of aromatic amines is 1. The molecule has 0 bridgehead atoms. The number of aromatic nitrogens is 4. The molecule has 3 heterocycles. The summed E-state index contributed by atoms with van der Waals surface area (Å²) >= 11 is 0. The lowest BCUT2D eigenvalue weighted by molar-refractivity contribution is 0.0949. The summed E-state index contributed by atoms with van der Waals surface area (Å²) in [6, 6.07) is 8.46. The van der Waals surface area contributed by atoms with Gasteiger partial charge in [-0.2, -0.15) is 0 Å². The predicted octanol–water partition coefficient (Wildman–Crippen LogP) is 0.429. The van der Waals surface area contributed by atoms with Crippen LogP contribution in [0, 0.1) is 0 Å². The van der Waals surface area contributed by atoms with Crippen LogP contribution < -0.4 is 22.2 Å². The van der Waals surface area contributed by atoms with Gasteiger partial charge in [-0.25, -0.2) is 14.6 Å². The molecule has 0 fully saturated rings. The van der Waals surface area contributed by atoms with Crippen LogP contribution in [-0.2, 0) is 20.5 Å². The fourth-order valence-electron chi connectivity index (χ4n) is 3.27. The quantitative estimate of drug-likeness (QED) is 0.363. The number of rotatable bonds is 5. The Morgan fingerprint density at radius 2 is 1.93 bits per heavy atom. The minimum absolute atomic E-state index is 0.0593. The molecule has 30 heavy (non-hydrogen) atoms. The van der Waals surface area contributed by atoms with Crippen molar-refractivity contribution in [2.45, 2.75) is 12.8 Å². The van der Waals surface area contributed by atoms with E-state index in [0.717, 1.165) is 4.57 Å². The van der Waals surface area contributed by atoms with Crippen molar-refractivity contribution in [2.75, 3.05) is 6.54 Å². The zero-order valence-electron chi connectivity index (χ0n) is 16.4. The molecule has 0 radical (unpaired) electrons. The molecule has 0 aliphatic carbocycles. The van der Waals surface area contributed by atoms with E-state index in [4.69, 9.17) is 4.42 Å². The van der Waals surface area contributed by atoms with Crippen molar-refractivity contribution in [3.63, 3.8) is 0 Å². The maximum absolute atomic E-state index is 12.3. The van der Waals surface area contributed by atoms with E-state index in [1.165, 1.54) is 17.7 Å². The van der Waals surface area contributed by atoms with E-state index in [1.54, 1.807) is 31.3 Å². The maximum atomic E-state index is 12.3. The van der Waals surface area contributed by atoms with E-state index in [2.05, 4.69) is 15.3 Å². The van der Waals surface area contributed by atoms with E-state index < -0.39 is 22.8 Å². The molecule has 4 rings (SSSR count). The highest BCUT2D eigenvalue weighted by molar-refractivity contribution is 5.96. The molecule has 1 amide bonds. The van der Waals surface area contributed by atoms with E-state index >= 15 is 0 Å². The molecule has 2 N–H and O–H groups in total. The van der Waals surface area contributed by atoms with E-state index in [-0.39, 0.29) is 16.7 Å². The molecule has 10 heteroatoms. The number of imidazole rings is 1. The Kier molecular flexibility index (Phi) is 4.82. The molecule has 0 aliphatic heterocycles. The van der Waals surface area contributed by atoms with Crippen molar-refractivity contribution < 1.29 is 9.21 Å². The Balaban J connectivity index is 1.44. The third-order valence-corrected chi connectivity index (χ3v) is 4.91. The van der Waals surface area contributed by atoms with Crippen LogP contribution in [0.4, 0.5) is 0 Å². The van der Waals surface area contributed by atoms with Crippen molar-refractivity contribution in [3.05, 3.63) is 73.0 Å². The topological polar surface area (TPSA) is 132 Å². The van der Waals surface area contributed by atoms with Gasteiger partial charge in [-0.1, -0.05) is 18.2 Å². The van der Waals surface area contributed by atoms with Crippen molar-refractivity contribution >= 4 is 28.0 Å². The number of fused-ring (bicyclic) bond motifs is 2. The van der Waals surface area contributed by atoms with Gasteiger partial charge in [-0.05, 0) is 18.6 Å². The van der Waals surface area contributed by atoms with Gasteiger partial charge in [0.1, 0.15) is 22.5 Å². The molecule has 3 aromatic heterocycles. The van der Waals surface area contributed by atoms with Crippen LogP contribution in [0.3, 0.4) is 0 Å². The first-order valence-corrected chi connectivity index (χ1v) is 9.32. The van der Waals surface area contributed by atoms with Crippen LogP contribution in [0.1, 0.15) is 22.6 Å². The smallest absolute Gasteiger partial charge is 0.349 e. The highest BCUT2D eigenvalue weighted by Gasteiger charge is 2.15. The summed E-state index contributed by atoms with van der Waals surface area (Å²) in [5.41, 5.74) is -0.681. The van der Waals surface area contributed by atoms with Crippen LogP contribution >= 0.6 is 0 Å². The average Bonchev–Trinajstić information content (AvgIpc) is 3.17. The maximum Gasteiger partial charge on any atom is 0.349 e. The first-order valence-electron chi connectivity index (χ1n) is 9.32. The number of nitrogens with zero attached hydrogens (tertiary/aromatic N) is 3. The van der Waals surface area contributed by atoms with E-state index in [9.17, 15) is 19.2 Å². The van der Waals surface area contributed by atoms with Crippen LogP contribution in [-0.4, -0.2) is 31.6 Å². The lowest BCUT2D eigenvalue weighted by Gasteiger charge is -2.04. The number of H-pyrrole nitrogens is 1. The van der Waals surface area contributed by atoms with E-state index in [1.807, 2.05) is 0 Å². The zero-order valence-corrected chi connectivity index (χ0v) is 16.4. The molecule has 10 nitrogen and oxygen atoms in total. The number of benzene rings is 1. The van der Waals surface area contributed by atoms with Gasteiger partial charge in [0.05, 0.1) is 0 Å². The van der Waals surface area contributed by atoms with Gasteiger partial charge in [0.2, 0.25) is 0 Å². The average molecular weight is 409 g/mol. The van der Waals surface area contributed by atoms with Gasteiger partial charge in [-0.15, -0.1) is 0 Å². The van der Waals surface area contributed by atoms with Gasteiger partial charge < -0.3 is 14.7 Å². The first-order chi connectivity index (χ1) is 14.4. The zero-order chi connectivity index (χ0) is 21.4. The number of hydrogen-bond acceptors (Lipinski definition) is 6. The van der Waals surface area contributed by atoms with E-state index in [0.29, 0.717) is 36.2 Å². The summed E-state index contributed by atoms with van der Waals surface area (Å²) in [4.78, 5) is 55.8. The third-order valence-electron chi connectivity index (χ3n) is 4.91. The van der Waals surface area contributed by atoms with Crippen LogP contribution in [0.15, 0.2) is 49.1 Å². The normalized spacial score (nSPS) is 11.3. The van der Waals surface area contributed by atoms with Gasteiger partial charge in [0, 0.05) is 32.4 Å².